The summed E-state index contributed by atoms with van der Waals surface area (Å²) in [6, 6.07) is -0.106. The first-order valence-electron chi connectivity index (χ1n) is 6.66. The minimum atomic E-state index is -0.356. The van der Waals surface area contributed by atoms with Gasteiger partial charge in [0.05, 0.1) is 13.3 Å². The van der Waals surface area contributed by atoms with E-state index in [0.29, 0.717) is 19.7 Å². The summed E-state index contributed by atoms with van der Waals surface area (Å²) in [6.07, 6.45) is 1.50. The van der Waals surface area contributed by atoms with E-state index in [1.54, 1.807) is 11.8 Å². The second-order valence-corrected chi connectivity index (χ2v) is 5.09. The maximum atomic E-state index is 11.8. The summed E-state index contributed by atoms with van der Waals surface area (Å²) in [5, 5.41) is 3.14. The molecule has 18 heavy (non-hydrogen) atoms. The third-order valence-electron chi connectivity index (χ3n) is 3.32. The number of likely N-dealkylation sites (tertiary alicyclic amines) is 1. The molecule has 0 aliphatic carbocycles. The Bertz CT molecular complexity index is 305. The number of carbonyl (C=O) groups is 2. The molecule has 0 radical (unpaired) electrons. The van der Waals surface area contributed by atoms with Crippen LogP contribution in [0.15, 0.2) is 0 Å². The molecule has 1 N–H and O–H groups in total. The van der Waals surface area contributed by atoms with Gasteiger partial charge in [0.2, 0.25) is 5.91 Å². The van der Waals surface area contributed by atoms with Crippen molar-refractivity contribution in [3.8, 4) is 0 Å². The van der Waals surface area contributed by atoms with Gasteiger partial charge < -0.3 is 9.64 Å². The Morgan fingerprint density at radius 2 is 2.22 bits per heavy atom. The van der Waals surface area contributed by atoms with Crippen LogP contribution in [0.3, 0.4) is 0 Å². The standard InChI is InChI=1S/C13H24N2O3/c1-5-18-13(17)12(9(2)3)14-8-15-10(4)6-7-11(15)16/h9-10,12,14H,5-8H2,1-4H3/t10-,12+/m1/s1. The van der Waals surface area contributed by atoms with Gasteiger partial charge in [0.1, 0.15) is 6.04 Å². The zero-order valence-electron chi connectivity index (χ0n) is 11.7. The smallest absolute Gasteiger partial charge is 0.323 e. The summed E-state index contributed by atoms with van der Waals surface area (Å²) in [4.78, 5) is 25.2. The molecule has 0 saturated carbocycles. The van der Waals surface area contributed by atoms with Gasteiger partial charge in [-0.15, -0.1) is 0 Å². The van der Waals surface area contributed by atoms with E-state index in [4.69, 9.17) is 4.74 Å². The topological polar surface area (TPSA) is 58.6 Å². The molecule has 1 heterocycles. The van der Waals surface area contributed by atoms with Gasteiger partial charge in [0, 0.05) is 12.5 Å². The largest absolute Gasteiger partial charge is 0.465 e. The van der Waals surface area contributed by atoms with Gasteiger partial charge in [-0.05, 0) is 26.2 Å². The highest BCUT2D eigenvalue weighted by atomic mass is 16.5. The number of amides is 1. The monoisotopic (exact) mass is 256 g/mol. The normalized spacial score (nSPS) is 21.5. The van der Waals surface area contributed by atoms with Crippen LogP contribution in [0, 0.1) is 5.92 Å². The van der Waals surface area contributed by atoms with Crippen LogP contribution in [0.4, 0.5) is 0 Å². The minimum absolute atomic E-state index is 0.136. The van der Waals surface area contributed by atoms with Crippen molar-refractivity contribution in [3.63, 3.8) is 0 Å². The molecule has 1 amide bonds. The summed E-state index contributed by atoms with van der Waals surface area (Å²) in [5.41, 5.74) is 0. The van der Waals surface area contributed by atoms with E-state index >= 15 is 0 Å². The van der Waals surface area contributed by atoms with Crippen molar-refractivity contribution in [1.29, 1.82) is 0 Å². The molecule has 1 saturated heterocycles. The van der Waals surface area contributed by atoms with Gasteiger partial charge in [-0.3, -0.25) is 14.9 Å². The Morgan fingerprint density at radius 1 is 1.56 bits per heavy atom. The SMILES string of the molecule is CCOC(=O)[C@@H](NCN1C(=O)CC[C@H]1C)C(C)C. The fourth-order valence-electron chi connectivity index (χ4n) is 2.14. The first-order chi connectivity index (χ1) is 8.47. The van der Waals surface area contributed by atoms with Crippen LogP contribution in [0.2, 0.25) is 0 Å². The average Bonchev–Trinajstić information content (AvgIpc) is 2.60. The first-order valence-corrected chi connectivity index (χ1v) is 6.66. The van der Waals surface area contributed by atoms with E-state index in [1.165, 1.54) is 0 Å². The van der Waals surface area contributed by atoms with E-state index < -0.39 is 0 Å². The fourth-order valence-corrected chi connectivity index (χ4v) is 2.14. The molecular weight excluding hydrogens is 232 g/mol. The van der Waals surface area contributed by atoms with Crippen LogP contribution in [0.1, 0.15) is 40.5 Å². The van der Waals surface area contributed by atoms with Gasteiger partial charge in [-0.1, -0.05) is 13.8 Å². The maximum absolute atomic E-state index is 11.8. The van der Waals surface area contributed by atoms with Gasteiger partial charge in [-0.25, -0.2) is 0 Å². The van der Waals surface area contributed by atoms with Crippen molar-refractivity contribution < 1.29 is 14.3 Å². The molecule has 5 nitrogen and oxygen atoms in total. The quantitative estimate of drug-likeness (QED) is 0.724. The Hall–Kier alpha value is -1.10. The average molecular weight is 256 g/mol. The number of hydrogen-bond acceptors (Lipinski definition) is 4. The molecule has 2 atom stereocenters. The molecule has 0 aromatic heterocycles. The second-order valence-electron chi connectivity index (χ2n) is 5.09. The highest BCUT2D eigenvalue weighted by Gasteiger charge is 2.29. The van der Waals surface area contributed by atoms with Crippen LogP contribution < -0.4 is 5.32 Å². The first kappa shape index (κ1) is 15.0. The lowest BCUT2D eigenvalue weighted by Crippen LogP contribution is -2.49. The van der Waals surface area contributed by atoms with Crippen molar-refractivity contribution in [1.82, 2.24) is 10.2 Å². The number of rotatable bonds is 6. The van der Waals surface area contributed by atoms with Crippen LogP contribution >= 0.6 is 0 Å². The highest BCUT2D eigenvalue weighted by molar-refractivity contribution is 5.79. The van der Waals surface area contributed by atoms with Crippen molar-refractivity contribution >= 4 is 11.9 Å². The predicted octanol–water partition coefficient (Wildman–Crippen LogP) is 1.13. The lowest BCUT2D eigenvalue weighted by molar-refractivity contribution is -0.147. The lowest BCUT2D eigenvalue weighted by Gasteiger charge is -2.27. The molecule has 0 bridgehead atoms. The molecule has 1 rings (SSSR count). The number of esters is 1. The summed E-state index contributed by atoms with van der Waals surface area (Å²) < 4.78 is 5.03. The molecule has 0 spiro atoms. The zero-order valence-corrected chi connectivity index (χ0v) is 11.7. The number of ether oxygens (including phenoxy) is 1. The summed E-state index contributed by atoms with van der Waals surface area (Å²) >= 11 is 0. The van der Waals surface area contributed by atoms with Gasteiger partial charge >= 0.3 is 5.97 Å². The number of carbonyl (C=O) groups excluding carboxylic acids is 2. The second kappa shape index (κ2) is 6.73. The Labute approximate surface area is 109 Å². The molecule has 1 fully saturated rings. The van der Waals surface area contributed by atoms with Crippen molar-refractivity contribution in [2.24, 2.45) is 5.92 Å². The van der Waals surface area contributed by atoms with Gasteiger partial charge in [0.15, 0.2) is 0 Å². The molecule has 1 aliphatic heterocycles. The summed E-state index contributed by atoms with van der Waals surface area (Å²) in [7, 11) is 0. The Morgan fingerprint density at radius 3 is 2.67 bits per heavy atom. The molecule has 1 aliphatic rings. The van der Waals surface area contributed by atoms with Crippen molar-refractivity contribution in [2.75, 3.05) is 13.3 Å². The predicted molar refractivity (Wildman–Crippen MR) is 68.8 cm³/mol. The van der Waals surface area contributed by atoms with Crippen molar-refractivity contribution in [3.05, 3.63) is 0 Å². The summed E-state index contributed by atoms with van der Waals surface area (Å²) in [6.45, 7) is 8.54. The molecule has 0 aromatic rings. The third-order valence-corrected chi connectivity index (χ3v) is 3.32. The van der Waals surface area contributed by atoms with E-state index in [0.717, 1.165) is 6.42 Å². The van der Waals surface area contributed by atoms with Crippen molar-refractivity contribution in [2.45, 2.75) is 52.6 Å². The Kier molecular flexibility index (Phi) is 5.59. The molecular formula is C13H24N2O3. The maximum Gasteiger partial charge on any atom is 0.323 e. The molecule has 0 aromatic carbocycles. The lowest BCUT2D eigenvalue weighted by atomic mass is 10.1. The van der Waals surface area contributed by atoms with Crippen LogP contribution in [-0.2, 0) is 14.3 Å². The number of nitrogens with one attached hydrogen (secondary N) is 1. The molecule has 104 valence electrons. The van der Waals surface area contributed by atoms with Crippen LogP contribution in [0.25, 0.3) is 0 Å². The van der Waals surface area contributed by atoms with Gasteiger partial charge in [-0.2, -0.15) is 0 Å². The Balaban J connectivity index is 2.52. The van der Waals surface area contributed by atoms with E-state index in [-0.39, 0.29) is 29.9 Å². The highest BCUT2D eigenvalue weighted by Crippen LogP contribution is 2.17. The van der Waals surface area contributed by atoms with Gasteiger partial charge in [0.25, 0.3) is 0 Å². The number of nitrogens with zero attached hydrogens (tertiary/aromatic N) is 1. The summed E-state index contributed by atoms with van der Waals surface area (Å²) in [5.74, 6) is 0.0465. The zero-order chi connectivity index (χ0) is 13.7. The minimum Gasteiger partial charge on any atom is -0.465 e. The third kappa shape index (κ3) is 3.70. The van der Waals surface area contributed by atoms with Crippen LogP contribution in [0.5, 0.6) is 0 Å². The molecule has 5 heteroatoms. The van der Waals surface area contributed by atoms with Crippen LogP contribution in [-0.4, -0.2) is 42.1 Å². The fraction of sp³-hybridized carbons (Fsp3) is 0.846. The van der Waals surface area contributed by atoms with E-state index in [1.807, 2.05) is 20.8 Å². The number of hydrogen-bond donors (Lipinski definition) is 1. The molecule has 0 unspecified atom stereocenters. The van der Waals surface area contributed by atoms with E-state index in [2.05, 4.69) is 5.32 Å². The van der Waals surface area contributed by atoms with E-state index in [9.17, 15) is 9.59 Å².